The van der Waals surface area contributed by atoms with Crippen molar-refractivity contribution in [1.82, 2.24) is 10.6 Å². The fourth-order valence-corrected chi connectivity index (χ4v) is 2.32. The number of halogens is 1. The van der Waals surface area contributed by atoms with Gasteiger partial charge in [-0.05, 0) is 37.5 Å². The second-order valence-electron chi connectivity index (χ2n) is 6.55. The number of carbonyl (C=O) groups excluding carboxylic acids is 1. The minimum absolute atomic E-state index is 0.183. The molecule has 0 aromatic heterocycles. The van der Waals surface area contributed by atoms with E-state index in [0.717, 1.165) is 37.5 Å². The van der Waals surface area contributed by atoms with E-state index in [1.807, 2.05) is 26.8 Å². The Morgan fingerprint density at radius 3 is 2.68 bits per heavy atom. The number of carbonyl (C=O) groups is 1. The molecule has 1 aromatic carbocycles. The quantitative estimate of drug-likeness (QED) is 0.311. The predicted octanol–water partition coefficient (Wildman–Crippen LogP) is 3.00. The highest BCUT2D eigenvalue weighted by Gasteiger charge is 2.21. The molecule has 0 aliphatic carbocycles. The molecular weight excluding hydrogens is 321 g/mol. The zero-order chi connectivity index (χ0) is 18.7. The van der Waals surface area contributed by atoms with Crippen molar-refractivity contribution in [3.05, 3.63) is 35.6 Å². The summed E-state index contributed by atoms with van der Waals surface area (Å²) in [4.78, 5) is 15.7. The van der Waals surface area contributed by atoms with E-state index in [1.165, 1.54) is 13.2 Å². The summed E-state index contributed by atoms with van der Waals surface area (Å²) in [5, 5.41) is 6.46. The second-order valence-corrected chi connectivity index (χ2v) is 6.55. The molecule has 0 aliphatic heterocycles. The normalized spacial score (nSPS) is 12.0. The van der Waals surface area contributed by atoms with Gasteiger partial charge in [-0.3, -0.25) is 9.79 Å². The highest BCUT2D eigenvalue weighted by Crippen LogP contribution is 2.24. The lowest BCUT2D eigenvalue weighted by molar-refractivity contribution is -0.140. The molecule has 0 fully saturated rings. The number of guanidine groups is 1. The summed E-state index contributed by atoms with van der Waals surface area (Å²) in [6.07, 6.45) is 2.05. The Balaban J connectivity index is 2.55. The molecule has 0 heterocycles. The van der Waals surface area contributed by atoms with Crippen LogP contribution in [0.3, 0.4) is 0 Å². The average molecular weight is 351 g/mol. The molecule has 0 saturated carbocycles. The number of hydrogen-bond acceptors (Lipinski definition) is 3. The average Bonchev–Trinajstić information content (AvgIpc) is 2.59. The molecule has 0 aliphatic rings. The summed E-state index contributed by atoms with van der Waals surface area (Å²) < 4.78 is 18.1. The Hall–Kier alpha value is -2.11. The Morgan fingerprint density at radius 1 is 1.28 bits per heavy atom. The number of nitrogens with one attached hydrogen (secondary N) is 2. The Bertz CT molecular complexity index is 574. The van der Waals surface area contributed by atoms with Crippen LogP contribution in [0.5, 0.6) is 0 Å². The number of benzene rings is 1. The Labute approximate surface area is 150 Å². The summed E-state index contributed by atoms with van der Waals surface area (Å²) >= 11 is 0. The van der Waals surface area contributed by atoms with Gasteiger partial charge in [0.15, 0.2) is 5.96 Å². The molecule has 25 heavy (non-hydrogen) atoms. The summed E-state index contributed by atoms with van der Waals surface area (Å²) in [5.41, 5.74) is 0.653. The number of rotatable bonds is 9. The van der Waals surface area contributed by atoms with Crippen molar-refractivity contribution >= 4 is 11.9 Å². The maximum Gasteiger partial charge on any atom is 0.305 e. The van der Waals surface area contributed by atoms with E-state index in [2.05, 4.69) is 20.4 Å². The van der Waals surface area contributed by atoms with Crippen LogP contribution >= 0.6 is 0 Å². The van der Waals surface area contributed by atoms with Gasteiger partial charge in [-0.1, -0.05) is 26.0 Å². The van der Waals surface area contributed by atoms with Crippen LogP contribution in [-0.2, 0) is 14.9 Å². The third-order valence-electron chi connectivity index (χ3n) is 3.91. The van der Waals surface area contributed by atoms with Crippen molar-refractivity contribution in [1.29, 1.82) is 0 Å². The number of esters is 1. The third-order valence-corrected chi connectivity index (χ3v) is 3.91. The van der Waals surface area contributed by atoms with Crippen molar-refractivity contribution in [3.63, 3.8) is 0 Å². The number of methoxy groups -OCH3 is 1. The first-order chi connectivity index (χ1) is 11.9. The highest BCUT2D eigenvalue weighted by molar-refractivity contribution is 5.79. The van der Waals surface area contributed by atoms with Crippen LogP contribution in [0.15, 0.2) is 29.3 Å². The van der Waals surface area contributed by atoms with E-state index in [0.29, 0.717) is 13.0 Å². The Morgan fingerprint density at radius 2 is 2.04 bits per heavy atom. The van der Waals surface area contributed by atoms with Gasteiger partial charge in [-0.2, -0.15) is 0 Å². The van der Waals surface area contributed by atoms with Gasteiger partial charge in [0.25, 0.3) is 0 Å². The van der Waals surface area contributed by atoms with Crippen molar-refractivity contribution in [2.45, 2.75) is 45.4 Å². The van der Waals surface area contributed by atoms with Gasteiger partial charge in [0, 0.05) is 24.9 Å². The van der Waals surface area contributed by atoms with Crippen LogP contribution in [0.4, 0.5) is 4.39 Å². The zero-order valence-electron chi connectivity index (χ0n) is 15.7. The lowest BCUT2D eigenvalue weighted by atomic mass is 9.85. The van der Waals surface area contributed by atoms with Crippen LogP contribution in [0.25, 0.3) is 0 Å². The van der Waals surface area contributed by atoms with Gasteiger partial charge in [0.2, 0.25) is 0 Å². The van der Waals surface area contributed by atoms with Crippen molar-refractivity contribution in [3.8, 4) is 0 Å². The monoisotopic (exact) mass is 351 g/mol. The van der Waals surface area contributed by atoms with Crippen molar-refractivity contribution in [2.75, 3.05) is 26.7 Å². The molecule has 0 radical (unpaired) electrons. The minimum atomic E-state index is -0.269. The molecule has 0 atom stereocenters. The molecule has 1 aromatic rings. The van der Waals surface area contributed by atoms with Gasteiger partial charge in [0.05, 0.1) is 13.7 Å². The molecule has 0 bridgehead atoms. The van der Waals surface area contributed by atoms with Crippen molar-refractivity contribution in [2.24, 2.45) is 4.99 Å². The van der Waals surface area contributed by atoms with Crippen LogP contribution in [-0.4, -0.2) is 38.7 Å². The van der Waals surface area contributed by atoms with Crippen LogP contribution in [0.1, 0.15) is 45.6 Å². The first kappa shape index (κ1) is 20.9. The van der Waals surface area contributed by atoms with Gasteiger partial charge < -0.3 is 15.4 Å². The highest BCUT2D eigenvalue weighted by atomic mass is 19.1. The molecule has 0 unspecified atom stereocenters. The summed E-state index contributed by atoms with van der Waals surface area (Å²) in [5.74, 6) is 0.313. The lowest BCUT2D eigenvalue weighted by Gasteiger charge is -2.24. The summed E-state index contributed by atoms with van der Waals surface area (Å²) in [6, 6.07) is 6.65. The predicted molar refractivity (Wildman–Crippen MR) is 99.3 cm³/mol. The van der Waals surface area contributed by atoms with Gasteiger partial charge in [-0.15, -0.1) is 0 Å². The van der Waals surface area contributed by atoms with E-state index >= 15 is 0 Å². The van der Waals surface area contributed by atoms with E-state index < -0.39 is 0 Å². The first-order valence-electron chi connectivity index (χ1n) is 8.74. The summed E-state index contributed by atoms with van der Waals surface area (Å²) in [7, 11) is 1.40. The molecule has 1 rings (SSSR count). The standard InChI is InChI=1S/C19H30FN3O2/c1-5-21-18(22-12-7-6-11-17(24)25-4)23-14-19(2,3)15-9-8-10-16(20)13-15/h8-10,13H,5-7,11-12,14H2,1-4H3,(H2,21,22,23). The number of unbranched alkanes of at least 4 members (excludes halogenated alkanes) is 1. The van der Waals surface area contributed by atoms with Gasteiger partial charge >= 0.3 is 5.97 Å². The maximum absolute atomic E-state index is 13.4. The molecule has 0 spiro atoms. The van der Waals surface area contributed by atoms with Crippen LogP contribution in [0.2, 0.25) is 0 Å². The van der Waals surface area contributed by atoms with Gasteiger partial charge in [-0.25, -0.2) is 4.39 Å². The van der Waals surface area contributed by atoms with Gasteiger partial charge in [0.1, 0.15) is 5.82 Å². The number of nitrogens with zero attached hydrogens (tertiary/aromatic N) is 1. The fourth-order valence-electron chi connectivity index (χ4n) is 2.32. The number of ether oxygens (including phenoxy) is 1. The van der Waals surface area contributed by atoms with Crippen LogP contribution < -0.4 is 10.6 Å². The minimum Gasteiger partial charge on any atom is -0.469 e. The molecule has 5 nitrogen and oxygen atoms in total. The van der Waals surface area contributed by atoms with Crippen LogP contribution in [0, 0.1) is 5.82 Å². The van der Waals surface area contributed by atoms with E-state index in [1.54, 1.807) is 12.1 Å². The van der Waals surface area contributed by atoms with E-state index in [-0.39, 0.29) is 17.2 Å². The largest absolute Gasteiger partial charge is 0.469 e. The third kappa shape index (κ3) is 8.01. The molecule has 0 amide bonds. The lowest BCUT2D eigenvalue weighted by Crippen LogP contribution is -2.39. The Kier molecular flexibility index (Phi) is 8.95. The number of aliphatic imine (C=N–C) groups is 1. The molecule has 2 N–H and O–H groups in total. The van der Waals surface area contributed by atoms with E-state index in [4.69, 9.17) is 0 Å². The first-order valence-corrected chi connectivity index (χ1v) is 8.74. The molecule has 140 valence electrons. The maximum atomic E-state index is 13.4. The SMILES string of the molecule is CCNC(=NCC(C)(C)c1cccc(F)c1)NCCCCC(=O)OC. The topological polar surface area (TPSA) is 62.7 Å². The second kappa shape index (κ2) is 10.7. The van der Waals surface area contributed by atoms with Crippen molar-refractivity contribution < 1.29 is 13.9 Å². The number of hydrogen-bond donors (Lipinski definition) is 2. The fraction of sp³-hybridized carbons (Fsp3) is 0.579. The zero-order valence-corrected chi connectivity index (χ0v) is 15.7. The smallest absolute Gasteiger partial charge is 0.305 e. The molecule has 0 saturated heterocycles. The molecule has 6 heteroatoms. The molecular formula is C19H30FN3O2. The van der Waals surface area contributed by atoms with E-state index in [9.17, 15) is 9.18 Å². The summed E-state index contributed by atoms with van der Waals surface area (Å²) in [6.45, 7) is 8.12.